The summed E-state index contributed by atoms with van der Waals surface area (Å²) in [6, 6.07) is 0.781. The topological polar surface area (TPSA) is 27.7 Å². The summed E-state index contributed by atoms with van der Waals surface area (Å²) < 4.78 is 5.29. The zero-order valence-corrected chi connectivity index (χ0v) is 12.5. The van der Waals surface area contributed by atoms with Crippen LogP contribution in [0.5, 0.6) is 0 Å². The van der Waals surface area contributed by atoms with Gasteiger partial charge in [-0.2, -0.15) is 0 Å². The minimum absolute atomic E-state index is 0.781. The predicted molar refractivity (Wildman–Crippen MR) is 77.1 cm³/mol. The molecule has 1 saturated heterocycles. The van der Waals surface area contributed by atoms with Crippen molar-refractivity contribution in [3.05, 3.63) is 0 Å². The highest BCUT2D eigenvalue weighted by atomic mass is 16.5. The van der Waals surface area contributed by atoms with Gasteiger partial charge in [0.05, 0.1) is 6.61 Å². The maximum atomic E-state index is 5.29. The van der Waals surface area contributed by atoms with Crippen LogP contribution in [-0.4, -0.2) is 75.4 Å². The zero-order chi connectivity index (χ0) is 13.2. The first-order valence-corrected chi connectivity index (χ1v) is 7.49. The van der Waals surface area contributed by atoms with Crippen molar-refractivity contribution in [3.63, 3.8) is 0 Å². The molecule has 4 heteroatoms. The molecule has 0 aromatic carbocycles. The van der Waals surface area contributed by atoms with Crippen molar-refractivity contribution >= 4 is 0 Å². The lowest BCUT2D eigenvalue weighted by atomic mass is 10.2. The van der Waals surface area contributed by atoms with Crippen LogP contribution in [0.4, 0.5) is 0 Å². The van der Waals surface area contributed by atoms with E-state index in [2.05, 4.69) is 29.1 Å². The lowest BCUT2D eigenvalue weighted by Gasteiger charge is -2.27. The minimum atomic E-state index is 0.781. The second kappa shape index (κ2) is 9.73. The summed E-state index contributed by atoms with van der Waals surface area (Å²) in [4.78, 5) is 5.06. The third-order valence-electron chi connectivity index (χ3n) is 3.73. The van der Waals surface area contributed by atoms with E-state index in [0.717, 1.165) is 38.9 Å². The molecule has 1 fully saturated rings. The van der Waals surface area contributed by atoms with Gasteiger partial charge in [-0.15, -0.1) is 0 Å². The quantitative estimate of drug-likeness (QED) is 0.592. The summed E-state index contributed by atoms with van der Waals surface area (Å²) in [5, 5.41) is 3.42. The van der Waals surface area contributed by atoms with E-state index in [9.17, 15) is 0 Å². The molecule has 1 heterocycles. The molecule has 0 aromatic heterocycles. The standard InChI is InChI=1S/C14H31N3O/c1-4-17-10-6-7-14(17)13-16(3)11-8-15-9-12-18-5-2/h14-15H,4-13H2,1-3H3. The van der Waals surface area contributed by atoms with E-state index in [0.29, 0.717) is 0 Å². The molecule has 18 heavy (non-hydrogen) atoms. The van der Waals surface area contributed by atoms with Crippen molar-refractivity contribution in [1.29, 1.82) is 0 Å². The Kier molecular flexibility index (Phi) is 8.59. The van der Waals surface area contributed by atoms with E-state index < -0.39 is 0 Å². The zero-order valence-electron chi connectivity index (χ0n) is 12.5. The van der Waals surface area contributed by atoms with Gasteiger partial charge >= 0.3 is 0 Å². The molecule has 1 N–H and O–H groups in total. The fourth-order valence-corrected chi connectivity index (χ4v) is 2.65. The predicted octanol–water partition coefficient (Wildman–Crippen LogP) is 1.03. The molecule has 0 amide bonds. The fourth-order valence-electron chi connectivity index (χ4n) is 2.65. The van der Waals surface area contributed by atoms with Crippen LogP contribution in [-0.2, 0) is 4.74 Å². The van der Waals surface area contributed by atoms with Crippen molar-refractivity contribution < 1.29 is 4.74 Å². The summed E-state index contributed by atoms with van der Waals surface area (Å²) in [5.41, 5.74) is 0. The molecule has 1 unspecified atom stereocenters. The van der Waals surface area contributed by atoms with Gasteiger partial charge in [0.15, 0.2) is 0 Å². The molecule has 4 nitrogen and oxygen atoms in total. The number of likely N-dealkylation sites (N-methyl/N-ethyl adjacent to an activating group) is 2. The molecule has 0 saturated carbocycles. The van der Waals surface area contributed by atoms with E-state index in [1.165, 1.54) is 32.5 Å². The van der Waals surface area contributed by atoms with E-state index >= 15 is 0 Å². The van der Waals surface area contributed by atoms with Crippen molar-refractivity contribution in [2.24, 2.45) is 0 Å². The van der Waals surface area contributed by atoms with Gasteiger partial charge in [0.1, 0.15) is 0 Å². The SMILES string of the molecule is CCOCCNCCN(C)CC1CCCN1CC. The summed E-state index contributed by atoms with van der Waals surface area (Å²) in [6.07, 6.45) is 2.74. The van der Waals surface area contributed by atoms with Crippen LogP contribution < -0.4 is 5.32 Å². The molecule has 0 aliphatic carbocycles. The summed E-state index contributed by atoms with van der Waals surface area (Å²) in [5.74, 6) is 0. The maximum absolute atomic E-state index is 5.29. The van der Waals surface area contributed by atoms with E-state index in [-0.39, 0.29) is 0 Å². The maximum Gasteiger partial charge on any atom is 0.0590 e. The van der Waals surface area contributed by atoms with Crippen molar-refractivity contribution in [3.8, 4) is 0 Å². The van der Waals surface area contributed by atoms with E-state index in [4.69, 9.17) is 4.74 Å². The summed E-state index contributed by atoms with van der Waals surface area (Å²) >= 11 is 0. The van der Waals surface area contributed by atoms with Crippen LogP contribution in [0.15, 0.2) is 0 Å². The van der Waals surface area contributed by atoms with Crippen LogP contribution in [0.3, 0.4) is 0 Å². The van der Waals surface area contributed by atoms with Gasteiger partial charge in [-0.05, 0) is 39.9 Å². The number of likely N-dealkylation sites (tertiary alicyclic amines) is 1. The van der Waals surface area contributed by atoms with Gasteiger partial charge in [-0.1, -0.05) is 6.92 Å². The Morgan fingerprint density at radius 2 is 2.17 bits per heavy atom. The number of nitrogens with one attached hydrogen (secondary N) is 1. The van der Waals surface area contributed by atoms with Crippen LogP contribution in [0.1, 0.15) is 26.7 Å². The summed E-state index contributed by atoms with van der Waals surface area (Å²) in [7, 11) is 2.23. The molecule has 1 rings (SSSR count). The molecule has 0 aromatic rings. The smallest absolute Gasteiger partial charge is 0.0590 e. The minimum Gasteiger partial charge on any atom is -0.380 e. The number of nitrogens with zero attached hydrogens (tertiary/aromatic N) is 2. The molecule has 0 radical (unpaired) electrons. The largest absolute Gasteiger partial charge is 0.380 e. The molecule has 108 valence electrons. The van der Waals surface area contributed by atoms with Crippen molar-refractivity contribution in [2.45, 2.75) is 32.7 Å². The van der Waals surface area contributed by atoms with Gasteiger partial charge in [0.2, 0.25) is 0 Å². The van der Waals surface area contributed by atoms with Crippen molar-refractivity contribution in [1.82, 2.24) is 15.1 Å². The number of ether oxygens (including phenoxy) is 1. The number of hydrogen-bond donors (Lipinski definition) is 1. The Bertz CT molecular complexity index is 201. The Balaban J connectivity index is 2.01. The molecular weight excluding hydrogens is 226 g/mol. The Hall–Kier alpha value is -0.160. The first kappa shape index (κ1) is 15.9. The van der Waals surface area contributed by atoms with E-state index in [1.54, 1.807) is 0 Å². The first-order chi connectivity index (χ1) is 8.77. The summed E-state index contributed by atoms with van der Waals surface area (Å²) in [6.45, 7) is 12.8. The third-order valence-corrected chi connectivity index (χ3v) is 3.73. The third kappa shape index (κ3) is 6.14. The van der Waals surface area contributed by atoms with Crippen LogP contribution in [0.25, 0.3) is 0 Å². The number of rotatable bonds is 10. The van der Waals surface area contributed by atoms with E-state index in [1.807, 2.05) is 6.92 Å². The van der Waals surface area contributed by atoms with Crippen LogP contribution in [0, 0.1) is 0 Å². The normalized spacial score (nSPS) is 21.0. The second-order valence-corrected chi connectivity index (χ2v) is 5.13. The average Bonchev–Trinajstić information content (AvgIpc) is 2.80. The molecule has 1 aliphatic rings. The van der Waals surface area contributed by atoms with Gasteiger partial charge in [-0.3, -0.25) is 4.90 Å². The first-order valence-electron chi connectivity index (χ1n) is 7.49. The monoisotopic (exact) mass is 257 g/mol. The fraction of sp³-hybridized carbons (Fsp3) is 1.00. The van der Waals surface area contributed by atoms with Crippen LogP contribution in [0.2, 0.25) is 0 Å². The molecule has 1 aliphatic heterocycles. The van der Waals surface area contributed by atoms with Crippen LogP contribution >= 0.6 is 0 Å². The second-order valence-electron chi connectivity index (χ2n) is 5.13. The Labute approximate surface area is 113 Å². The highest BCUT2D eigenvalue weighted by molar-refractivity contribution is 4.80. The van der Waals surface area contributed by atoms with Crippen molar-refractivity contribution in [2.75, 3.05) is 59.5 Å². The molecule has 0 spiro atoms. The lowest BCUT2D eigenvalue weighted by molar-refractivity contribution is 0.147. The number of hydrogen-bond acceptors (Lipinski definition) is 4. The molecular formula is C14H31N3O. The Morgan fingerprint density at radius 3 is 2.89 bits per heavy atom. The average molecular weight is 257 g/mol. The van der Waals surface area contributed by atoms with Gasteiger partial charge in [0.25, 0.3) is 0 Å². The van der Waals surface area contributed by atoms with Gasteiger partial charge in [-0.25, -0.2) is 0 Å². The molecule has 1 atom stereocenters. The highest BCUT2D eigenvalue weighted by Gasteiger charge is 2.23. The lowest BCUT2D eigenvalue weighted by Crippen LogP contribution is -2.41. The van der Waals surface area contributed by atoms with Gasteiger partial charge < -0.3 is 15.0 Å². The highest BCUT2D eigenvalue weighted by Crippen LogP contribution is 2.16. The van der Waals surface area contributed by atoms with Gasteiger partial charge in [0, 0.05) is 38.8 Å². The molecule has 0 bridgehead atoms. The Morgan fingerprint density at radius 1 is 1.33 bits per heavy atom.